The second kappa shape index (κ2) is 8.56. The van der Waals surface area contributed by atoms with Gasteiger partial charge in [0.2, 0.25) is 11.8 Å². The van der Waals surface area contributed by atoms with E-state index >= 15 is 0 Å². The van der Waals surface area contributed by atoms with Crippen molar-refractivity contribution in [1.29, 1.82) is 0 Å². The minimum atomic E-state index is -0.658. The van der Waals surface area contributed by atoms with E-state index in [1.54, 1.807) is 24.3 Å². The summed E-state index contributed by atoms with van der Waals surface area (Å²) in [7, 11) is 0. The molecule has 4 rings (SSSR count). The van der Waals surface area contributed by atoms with E-state index in [-0.39, 0.29) is 31.3 Å². The fourth-order valence-corrected chi connectivity index (χ4v) is 4.13. The maximum atomic E-state index is 12.7. The Morgan fingerprint density at radius 3 is 2.68 bits per heavy atom. The molecule has 31 heavy (non-hydrogen) atoms. The van der Waals surface area contributed by atoms with Crippen molar-refractivity contribution in [2.24, 2.45) is 0 Å². The molecule has 0 aliphatic carbocycles. The van der Waals surface area contributed by atoms with E-state index in [2.05, 4.69) is 16.0 Å². The second-order valence-electron chi connectivity index (χ2n) is 7.32. The molecule has 0 radical (unpaired) electrons. The first-order valence-electron chi connectivity index (χ1n) is 9.58. The van der Waals surface area contributed by atoms with Gasteiger partial charge in [0, 0.05) is 30.1 Å². The molecule has 1 fully saturated rings. The van der Waals surface area contributed by atoms with Crippen LogP contribution in [0.15, 0.2) is 36.4 Å². The summed E-state index contributed by atoms with van der Waals surface area (Å²) in [5, 5.41) is 8.46. The molecule has 0 aromatic heterocycles. The third-order valence-corrected chi connectivity index (χ3v) is 5.77. The van der Waals surface area contributed by atoms with Crippen LogP contribution in [0.2, 0.25) is 10.0 Å². The molecule has 160 valence electrons. The van der Waals surface area contributed by atoms with Crippen molar-refractivity contribution < 1.29 is 19.2 Å². The smallest absolute Gasteiger partial charge is 0.319 e. The lowest BCUT2D eigenvalue weighted by atomic mass is 10.0. The largest absolute Gasteiger partial charge is 0.334 e. The summed E-state index contributed by atoms with van der Waals surface area (Å²) in [4.78, 5) is 49.9. The zero-order valence-electron chi connectivity index (χ0n) is 16.2. The molecule has 2 heterocycles. The van der Waals surface area contributed by atoms with Crippen LogP contribution in [0.5, 0.6) is 0 Å². The monoisotopic (exact) mass is 460 g/mol. The molecule has 1 saturated heterocycles. The van der Waals surface area contributed by atoms with Gasteiger partial charge in [-0.2, -0.15) is 0 Å². The van der Waals surface area contributed by atoms with Gasteiger partial charge in [-0.3, -0.25) is 19.7 Å². The molecule has 0 saturated carbocycles. The number of amides is 5. The highest BCUT2D eigenvalue weighted by Crippen LogP contribution is 2.28. The molecule has 0 spiro atoms. The number of hydrogen-bond donors (Lipinski definition) is 3. The maximum absolute atomic E-state index is 12.7. The number of nitrogens with one attached hydrogen (secondary N) is 3. The summed E-state index contributed by atoms with van der Waals surface area (Å²) in [6, 6.07) is 8.93. The molecule has 10 heteroatoms. The van der Waals surface area contributed by atoms with Crippen LogP contribution in [-0.4, -0.2) is 34.7 Å². The molecule has 1 unspecified atom stereocenters. The summed E-state index contributed by atoms with van der Waals surface area (Å²) in [6.07, 6.45) is 0.519. The number of benzene rings is 2. The molecule has 0 bridgehead atoms. The number of nitrogens with zero attached hydrogens (tertiary/aromatic N) is 1. The molecule has 5 amide bonds. The molecule has 2 aliphatic rings. The molecule has 3 N–H and O–H groups in total. The van der Waals surface area contributed by atoms with Gasteiger partial charge >= 0.3 is 6.03 Å². The van der Waals surface area contributed by atoms with Crippen molar-refractivity contribution >= 4 is 52.6 Å². The predicted molar refractivity (Wildman–Crippen MR) is 115 cm³/mol. The first-order chi connectivity index (χ1) is 14.8. The maximum Gasteiger partial charge on any atom is 0.319 e. The van der Waals surface area contributed by atoms with E-state index in [4.69, 9.17) is 23.2 Å². The lowest BCUT2D eigenvalue weighted by Crippen LogP contribution is -2.52. The third-order valence-electron chi connectivity index (χ3n) is 5.22. The number of halogens is 2. The minimum Gasteiger partial charge on any atom is -0.334 e. The van der Waals surface area contributed by atoms with Gasteiger partial charge in [-0.05, 0) is 41.8 Å². The molecule has 2 aromatic rings. The van der Waals surface area contributed by atoms with Crippen LogP contribution in [0.1, 0.15) is 34.3 Å². The number of fused-ring (bicyclic) bond motifs is 1. The zero-order chi connectivity index (χ0) is 22.1. The van der Waals surface area contributed by atoms with Gasteiger partial charge in [0.25, 0.3) is 5.91 Å². The molecule has 2 aromatic carbocycles. The van der Waals surface area contributed by atoms with Gasteiger partial charge in [0.05, 0.1) is 10.7 Å². The Morgan fingerprint density at radius 2 is 1.94 bits per heavy atom. The van der Waals surface area contributed by atoms with E-state index in [0.717, 1.165) is 11.1 Å². The highest BCUT2D eigenvalue weighted by atomic mass is 35.5. The summed E-state index contributed by atoms with van der Waals surface area (Å²) in [5.41, 5.74) is 2.53. The number of carbonyl (C=O) groups excluding carboxylic acids is 4. The fraction of sp³-hybridized carbons (Fsp3) is 0.238. The van der Waals surface area contributed by atoms with Gasteiger partial charge < -0.3 is 15.5 Å². The van der Waals surface area contributed by atoms with Gasteiger partial charge in [-0.25, -0.2) is 4.79 Å². The van der Waals surface area contributed by atoms with Crippen LogP contribution >= 0.6 is 23.2 Å². The van der Waals surface area contributed by atoms with Gasteiger partial charge in [-0.15, -0.1) is 0 Å². The number of hydrogen-bond acceptors (Lipinski definition) is 4. The van der Waals surface area contributed by atoms with E-state index in [0.29, 0.717) is 27.7 Å². The predicted octanol–water partition coefficient (Wildman–Crippen LogP) is 3.08. The van der Waals surface area contributed by atoms with Crippen LogP contribution in [-0.2, 0) is 22.7 Å². The lowest BCUT2D eigenvalue weighted by Gasteiger charge is -2.29. The van der Waals surface area contributed by atoms with Crippen LogP contribution in [0.4, 0.5) is 10.5 Å². The van der Waals surface area contributed by atoms with Crippen molar-refractivity contribution in [1.82, 2.24) is 15.5 Å². The normalized spacial score (nSPS) is 17.9. The molecular formula is C21H18Cl2N4O4. The van der Waals surface area contributed by atoms with E-state index < -0.39 is 18.0 Å². The zero-order valence-corrected chi connectivity index (χ0v) is 17.7. The number of anilines is 1. The summed E-state index contributed by atoms with van der Waals surface area (Å²) >= 11 is 11.9. The average molecular weight is 461 g/mol. The summed E-state index contributed by atoms with van der Waals surface area (Å²) < 4.78 is 0. The SMILES string of the molecule is O=C1CCC(N2Cc3cc(CNC(=O)Nc4ccc(Cl)cc4Cl)ccc3C2=O)C(=O)N1. The van der Waals surface area contributed by atoms with E-state index in [1.165, 1.54) is 11.0 Å². The van der Waals surface area contributed by atoms with Crippen molar-refractivity contribution in [3.63, 3.8) is 0 Å². The van der Waals surface area contributed by atoms with Crippen LogP contribution in [0.25, 0.3) is 0 Å². The fourth-order valence-electron chi connectivity index (χ4n) is 3.68. The third kappa shape index (κ3) is 4.50. The first kappa shape index (κ1) is 21.1. The Hall–Kier alpha value is -3.10. The van der Waals surface area contributed by atoms with Crippen LogP contribution in [0.3, 0.4) is 0 Å². The topological polar surface area (TPSA) is 108 Å². The standard InChI is InChI=1S/C21H18Cl2N4O4/c22-13-2-4-16(15(23)8-13)25-21(31)24-9-11-1-3-14-12(7-11)10-27(20(14)30)17-5-6-18(28)26-19(17)29/h1-4,7-8,17H,5-6,9-10H2,(H2,24,25,31)(H,26,28,29). The average Bonchev–Trinajstić information content (AvgIpc) is 3.04. The molecule has 2 aliphatic heterocycles. The number of piperidine rings is 1. The molecular weight excluding hydrogens is 443 g/mol. The molecule has 1 atom stereocenters. The van der Waals surface area contributed by atoms with E-state index in [9.17, 15) is 19.2 Å². The second-order valence-corrected chi connectivity index (χ2v) is 8.17. The first-order valence-corrected chi connectivity index (χ1v) is 10.3. The number of urea groups is 1. The van der Waals surface area contributed by atoms with Crippen molar-refractivity contribution in [3.05, 3.63) is 63.1 Å². The quantitative estimate of drug-likeness (QED) is 0.609. The Balaban J connectivity index is 1.38. The summed E-state index contributed by atoms with van der Waals surface area (Å²) in [6.45, 7) is 0.512. The number of carbonyl (C=O) groups is 4. The van der Waals surface area contributed by atoms with Gasteiger partial charge in [-0.1, -0.05) is 35.3 Å². The van der Waals surface area contributed by atoms with Crippen molar-refractivity contribution in [2.45, 2.75) is 32.0 Å². The lowest BCUT2D eigenvalue weighted by molar-refractivity contribution is -0.136. The Morgan fingerprint density at radius 1 is 1.13 bits per heavy atom. The van der Waals surface area contributed by atoms with Crippen molar-refractivity contribution in [2.75, 3.05) is 5.32 Å². The highest BCUT2D eigenvalue weighted by molar-refractivity contribution is 6.36. The highest BCUT2D eigenvalue weighted by Gasteiger charge is 2.39. The summed E-state index contributed by atoms with van der Waals surface area (Å²) in [5.74, 6) is -1.01. The van der Waals surface area contributed by atoms with Gasteiger partial charge in [0.1, 0.15) is 6.04 Å². The van der Waals surface area contributed by atoms with Crippen molar-refractivity contribution in [3.8, 4) is 0 Å². The number of imide groups is 1. The van der Waals surface area contributed by atoms with Crippen LogP contribution in [0, 0.1) is 0 Å². The van der Waals surface area contributed by atoms with Gasteiger partial charge in [0.15, 0.2) is 0 Å². The Bertz CT molecular complexity index is 1100. The Labute approximate surface area is 187 Å². The van der Waals surface area contributed by atoms with E-state index in [1.807, 2.05) is 6.07 Å². The minimum absolute atomic E-state index is 0.207. The Kier molecular flexibility index (Phi) is 5.84. The number of rotatable bonds is 4. The van der Waals surface area contributed by atoms with Crippen LogP contribution < -0.4 is 16.0 Å². The molecule has 8 nitrogen and oxygen atoms in total.